The van der Waals surface area contributed by atoms with Crippen LogP contribution in [0.1, 0.15) is 0 Å². The third kappa shape index (κ3) is 1.88. The van der Waals surface area contributed by atoms with Crippen LogP contribution >= 0.6 is 0 Å². The van der Waals surface area contributed by atoms with Gasteiger partial charge in [-0.05, 0) is 18.2 Å². The van der Waals surface area contributed by atoms with E-state index in [1.165, 1.54) is 18.5 Å². The molecule has 6 nitrogen and oxygen atoms in total. The molecule has 0 aliphatic carbocycles. The van der Waals surface area contributed by atoms with E-state index >= 15 is 0 Å². The van der Waals surface area contributed by atoms with Gasteiger partial charge in [0.2, 0.25) is 5.91 Å². The molecule has 19 heavy (non-hydrogen) atoms. The first kappa shape index (κ1) is 11.8. The fourth-order valence-corrected chi connectivity index (χ4v) is 3.43. The molecule has 2 N–H and O–H groups in total. The van der Waals surface area contributed by atoms with Crippen LogP contribution in [-0.4, -0.2) is 25.9 Å². The molecule has 2 aromatic rings. The minimum absolute atomic E-state index is 0.136. The van der Waals surface area contributed by atoms with E-state index in [9.17, 15) is 13.2 Å². The number of carbonyl (C=O) groups excluding carboxylic acids is 1. The predicted octanol–water partition coefficient (Wildman–Crippen LogP) is 1.16. The molecule has 0 unspecified atom stereocenters. The Morgan fingerprint density at radius 3 is 2.68 bits per heavy atom. The number of aromatic amines is 1. The lowest BCUT2D eigenvalue weighted by atomic mass is 10.2. The minimum atomic E-state index is -3.72. The van der Waals surface area contributed by atoms with Crippen molar-refractivity contribution in [2.24, 2.45) is 0 Å². The molecule has 0 bridgehead atoms. The number of aromatic nitrogens is 1. The molecule has 98 valence electrons. The molecule has 0 spiro atoms. The summed E-state index contributed by atoms with van der Waals surface area (Å²) in [7, 11) is -3.72. The Bertz CT molecular complexity index is 722. The largest absolute Gasteiger partial charge is 0.366 e. The predicted molar refractivity (Wildman–Crippen MR) is 70.4 cm³/mol. The van der Waals surface area contributed by atoms with Crippen molar-refractivity contribution in [2.45, 2.75) is 4.90 Å². The normalized spacial score (nSPS) is 14.9. The first-order valence-corrected chi connectivity index (χ1v) is 7.07. The number of fused-ring (bicyclic) bond motifs is 1. The fraction of sp³-hybridized carbons (Fsp3) is 0.0833. The Hall–Kier alpha value is -2.28. The molecule has 1 aliphatic rings. The summed E-state index contributed by atoms with van der Waals surface area (Å²) in [6, 6.07) is 8.27. The topological polar surface area (TPSA) is 82.3 Å². The number of carbonyl (C=O) groups is 1. The fourth-order valence-electron chi connectivity index (χ4n) is 2.01. The molecule has 1 aliphatic heterocycles. The molecule has 2 heterocycles. The zero-order valence-corrected chi connectivity index (χ0v) is 10.6. The van der Waals surface area contributed by atoms with Gasteiger partial charge in [0.25, 0.3) is 10.0 Å². The van der Waals surface area contributed by atoms with Gasteiger partial charge >= 0.3 is 0 Å². The van der Waals surface area contributed by atoms with Crippen LogP contribution in [0.3, 0.4) is 0 Å². The number of anilines is 2. The molecule has 0 saturated heterocycles. The van der Waals surface area contributed by atoms with E-state index < -0.39 is 10.0 Å². The SMILES string of the molecule is O=C1CN(S(=O)(=O)c2cc[nH]c2)c2ccccc2N1. The first-order valence-electron chi connectivity index (χ1n) is 5.63. The quantitative estimate of drug-likeness (QED) is 0.864. The summed E-state index contributed by atoms with van der Waals surface area (Å²) < 4.78 is 26.1. The van der Waals surface area contributed by atoms with Crippen molar-refractivity contribution in [1.29, 1.82) is 0 Å². The Kier molecular flexibility index (Phi) is 2.56. The molecule has 1 aromatic heterocycles. The van der Waals surface area contributed by atoms with Gasteiger partial charge < -0.3 is 10.3 Å². The number of nitrogens with zero attached hydrogens (tertiary/aromatic N) is 1. The van der Waals surface area contributed by atoms with Crippen molar-refractivity contribution in [1.82, 2.24) is 4.98 Å². The second-order valence-corrected chi connectivity index (χ2v) is 5.99. The molecule has 0 saturated carbocycles. The maximum Gasteiger partial charge on any atom is 0.266 e. The Labute approximate surface area is 110 Å². The van der Waals surface area contributed by atoms with Crippen molar-refractivity contribution in [3.8, 4) is 0 Å². The van der Waals surface area contributed by atoms with Crippen LogP contribution in [-0.2, 0) is 14.8 Å². The zero-order chi connectivity index (χ0) is 13.5. The smallest absolute Gasteiger partial charge is 0.266 e. The van der Waals surface area contributed by atoms with Gasteiger partial charge in [0, 0.05) is 12.4 Å². The molecule has 1 aromatic carbocycles. The second kappa shape index (κ2) is 4.13. The van der Waals surface area contributed by atoms with Crippen LogP contribution in [0.4, 0.5) is 11.4 Å². The van der Waals surface area contributed by atoms with Gasteiger partial charge in [0.1, 0.15) is 11.4 Å². The number of para-hydroxylation sites is 2. The lowest BCUT2D eigenvalue weighted by Crippen LogP contribution is -2.41. The number of sulfonamides is 1. The summed E-state index contributed by atoms with van der Waals surface area (Å²) in [4.78, 5) is 14.5. The molecule has 0 atom stereocenters. The van der Waals surface area contributed by atoms with Gasteiger partial charge in [-0.15, -0.1) is 0 Å². The molecular weight excluding hydrogens is 266 g/mol. The van der Waals surface area contributed by atoms with Crippen LogP contribution in [0.15, 0.2) is 47.6 Å². The molecule has 0 fully saturated rings. The lowest BCUT2D eigenvalue weighted by Gasteiger charge is -2.29. The van der Waals surface area contributed by atoms with E-state index in [1.807, 2.05) is 0 Å². The Morgan fingerprint density at radius 2 is 1.95 bits per heavy atom. The summed E-state index contributed by atoms with van der Waals surface area (Å²) >= 11 is 0. The lowest BCUT2D eigenvalue weighted by molar-refractivity contribution is -0.115. The third-order valence-corrected chi connectivity index (χ3v) is 4.65. The highest BCUT2D eigenvalue weighted by Crippen LogP contribution is 2.32. The standard InChI is InChI=1S/C12H11N3O3S/c16-12-8-15(11-4-2-1-3-10(11)14-12)19(17,18)9-5-6-13-7-9/h1-7,13H,8H2,(H,14,16). The number of rotatable bonds is 2. The van der Waals surface area contributed by atoms with Crippen molar-refractivity contribution in [2.75, 3.05) is 16.2 Å². The van der Waals surface area contributed by atoms with Gasteiger partial charge in [-0.3, -0.25) is 9.10 Å². The maximum absolute atomic E-state index is 12.5. The van der Waals surface area contributed by atoms with Gasteiger partial charge in [0.05, 0.1) is 11.4 Å². The summed E-state index contributed by atoms with van der Waals surface area (Å²) in [6.07, 6.45) is 2.92. The number of amides is 1. The Morgan fingerprint density at radius 1 is 1.16 bits per heavy atom. The monoisotopic (exact) mass is 277 g/mol. The first-order chi connectivity index (χ1) is 9.09. The number of benzene rings is 1. The minimum Gasteiger partial charge on any atom is -0.366 e. The average molecular weight is 277 g/mol. The number of hydrogen-bond donors (Lipinski definition) is 2. The highest BCUT2D eigenvalue weighted by molar-refractivity contribution is 7.92. The summed E-state index contributed by atoms with van der Waals surface area (Å²) in [5, 5.41) is 2.65. The van der Waals surface area contributed by atoms with Crippen LogP contribution in [0.2, 0.25) is 0 Å². The van der Waals surface area contributed by atoms with E-state index in [2.05, 4.69) is 10.3 Å². The van der Waals surface area contributed by atoms with Crippen molar-refractivity contribution >= 4 is 27.3 Å². The van der Waals surface area contributed by atoms with Crippen molar-refractivity contribution in [3.63, 3.8) is 0 Å². The van der Waals surface area contributed by atoms with Crippen molar-refractivity contribution in [3.05, 3.63) is 42.7 Å². The van der Waals surface area contributed by atoms with Crippen LogP contribution in [0.5, 0.6) is 0 Å². The number of hydrogen-bond acceptors (Lipinski definition) is 3. The summed E-state index contributed by atoms with van der Waals surface area (Å²) in [5.74, 6) is -0.349. The molecule has 1 amide bonds. The van der Waals surface area contributed by atoms with Gasteiger partial charge in [-0.2, -0.15) is 0 Å². The maximum atomic E-state index is 12.5. The van der Waals surface area contributed by atoms with E-state index in [1.54, 1.807) is 24.3 Å². The summed E-state index contributed by atoms with van der Waals surface area (Å²) in [6.45, 7) is -0.218. The van der Waals surface area contributed by atoms with E-state index in [0.29, 0.717) is 11.4 Å². The van der Waals surface area contributed by atoms with Gasteiger partial charge in [-0.25, -0.2) is 8.42 Å². The second-order valence-electron chi connectivity index (χ2n) is 4.12. The molecule has 7 heteroatoms. The summed E-state index contributed by atoms with van der Waals surface area (Å²) in [5.41, 5.74) is 0.973. The van der Waals surface area contributed by atoms with Crippen molar-refractivity contribution < 1.29 is 13.2 Å². The van der Waals surface area contributed by atoms with Crippen LogP contribution < -0.4 is 9.62 Å². The van der Waals surface area contributed by atoms with E-state index in [0.717, 1.165) is 4.31 Å². The van der Waals surface area contributed by atoms with Crippen LogP contribution in [0, 0.1) is 0 Å². The number of nitrogens with one attached hydrogen (secondary N) is 2. The molecule has 3 rings (SSSR count). The van der Waals surface area contributed by atoms with Gasteiger partial charge in [-0.1, -0.05) is 12.1 Å². The Balaban J connectivity index is 2.14. The van der Waals surface area contributed by atoms with E-state index in [-0.39, 0.29) is 17.3 Å². The third-order valence-electron chi connectivity index (χ3n) is 2.89. The zero-order valence-electron chi connectivity index (χ0n) is 9.83. The van der Waals surface area contributed by atoms with Crippen LogP contribution in [0.25, 0.3) is 0 Å². The average Bonchev–Trinajstić information content (AvgIpc) is 2.92. The van der Waals surface area contributed by atoms with E-state index in [4.69, 9.17) is 0 Å². The molecule has 0 radical (unpaired) electrons. The highest BCUT2D eigenvalue weighted by Gasteiger charge is 2.32. The number of H-pyrrole nitrogens is 1. The van der Waals surface area contributed by atoms with Gasteiger partial charge in [0.15, 0.2) is 0 Å². The molecular formula is C12H11N3O3S. The highest BCUT2D eigenvalue weighted by atomic mass is 32.2.